The molecule has 1 aliphatic carbocycles. The molecule has 47 heavy (non-hydrogen) atoms. The van der Waals surface area contributed by atoms with Crippen LogP contribution in [0.4, 0.5) is 17.1 Å². The topological polar surface area (TPSA) is 3.24 Å². The van der Waals surface area contributed by atoms with E-state index in [-0.39, 0.29) is 19.9 Å². The molecule has 0 N–H and O–H groups in total. The van der Waals surface area contributed by atoms with E-state index in [0.717, 1.165) is 5.69 Å². The second kappa shape index (κ2) is 9.93. The normalized spacial score (nSPS) is 13.5. The fourth-order valence-electron chi connectivity index (χ4n) is 8.13. The molecule has 0 saturated heterocycles. The number of fused-ring (bicyclic) bond motifs is 11. The van der Waals surface area contributed by atoms with Gasteiger partial charge < -0.3 is 0 Å². The van der Waals surface area contributed by atoms with Crippen LogP contribution in [0.3, 0.4) is 0 Å². The third kappa shape index (κ3) is 3.90. The molecule has 0 unspecified atom stereocenters. The van der Waals surface area contributed by atoms with E-state index in [2.05, 4.69) is 170 Å². The maximum atomic E-state index is 2.48. The van der Waals surface area contributed by atoms with Crippen LogP contribution < -0.4 is 4.90 Å². The monoisotopic (exact) mass is 665 g/mol. The van der Waals surface area contributed by atoms with Gasteiger partial charge in [-0.3, -0.25) is 0 Å². The molecule has 1 aromatic heterocycles. The van der Waals surface area contributed by atoms with Crippen molar-refractivity contribution in [2.24, 2.45) is 0 Å². The van der Waals surface area contributed by atoms with E-state index in [4.69, 9.17) is 0 Å². The molecule has 9 aromatic rings. The van der Waals surface area contributed by atoms with Crippen LogP contribution in [-0.2, 0) is 5.41 Å². The van der Waals surface area contributed by atoms with E-state index >= 15 is 0 Å². The van der Waals surface area contributed by atoms with Crippen molar-refractivity contribution in [2.75, 3.05) is 4.90 Å². The van der Waals surface area contributed by atoms with Crippen LogP contribution in [0, 0.1) is 0 Å². The third-order valence-corrected chi connectivity index (χ3v) is 12.9. The zero-order chi connectivity index (χ0) is 31.3. The average molecular weight is 665 g/mol. The van der Waals surface area contributed by atoms with E-state index in [1.165, 1.54) is 85.2 Å². The molecule has 0 radical (unpaired) electrons. The first-order valence-electron chi connectivity index (χ1n) is 16.4. The zero-order valence-electron chi connectivity index (χ0n) is 26.3. The Balaban J connectivity index is 1.27. The van der Waals surface area contributed by atoms with Gasteiger partial charge in [-0.1, -0.05) is 6.07 Å². The van der Waals surface area contributed by atoms with Crippen molar-refractivity contribution < 1.29 is 0 Å². The minimum absolute atomic E-state index is 0.0314. The van der Waals surface area contributed by atoms with Gasteiger partial charge in [0.2, 0.25) is 0 Å². The first kappa shape index (κ1) is 27.0. The van der Waals surface area contributed by atoms with Crippen molar-refractivity contribution in [3.8, 4) is 11.1 Å². The van der Waals surface area contributed by atoms with Crippen LogP contribution in [0.25, 0.3) is 62.7 Å². The van der Waals surface area contributed by atoms with Crippen LogP contribution in [0.2, 0.25) is 0 Å². The average Bonchev–Trinajstić information content (AvgIpc) is 3.60. The number of rotatable bonds is 3. The summed E-state index contributed by atoms with van der Waals surface area (Å²) in [5.74, 6) is 0. The number of hydrogen-bond acceptors (Lipinski definition) is 1. The Morgan fingerprint density at radius 2 is 1.15 bits per heavy atom. The van der Waals surface area contributed by atoms with Crippen molar-refractivity contribution >= 4 is 83.2 Å². The van der Waals surface area contributed by atoms with Gasteiger partial charge in [0.15, 0.2) is 0 Å². The summed E-state index contributed by atoms with van der Waals surface area (Å²) in [5, 5.41) is 10.6. The minimum atomic E-state index is -0.0314. The first-order chi connectivity index (χ1) is 23.1. The molecular formula is C45H31NSe. The Labute approximate surface area is 280 Å². The SMILES string of the molecule is CC1(C)c2ccccc2-c2cc(N(c3ccc4ccccc4c3)c3cccc4c3ccc3ccc5c6ccccc6[se]c5c34)ccc21. The molecule has 10 rings (SSSR count). The molecule has 0 amide bonds. The van der Waals surface area contributed by atoms with Gasteiger partial charge in [-0.05, 0) is 0 Å². The van der Waals surface area contributed by atoms with Gasteiger partial charge in [0.05, 0.1) is 0 Å². The molecule has 222 valence electrons. The molecule has 0 atom stereocenters. The summed E-state index contributed by atoms with van der Waals surface area (Å²) in [7, 11) is 0. The fraction of sp³-hybridized carbons (Fsp3) is 0.0667. The quantitative estimate of drug-likeness (QED) is 0.134. The van der Waals surface area contributed by atoms with E-state index in [1.54, 1.807) is 0 Å². The van der Waals surface area contributed by atoms with Gasteiger partial charge in [-0.25, -0.2) is 0 Å². The van der Waals surface area contributed by atoms with Crippen LogP contribution in [0.15, 0.2) is 152 Å². The molecule has 0 spiro atoms. The Morgan fingerprint density at radius 1 is 0.468 bits per heavy atom. The van der Waals surface area contributed by atoms with Gasteiger partial charge >= 0.3 is 275 Å². The molecule has 0 bridgehead atoms. The predicted molar refractivity (Wildman–Crippen MR) is 203 cm³/mol. The van der Waals surface area contributed by atoms with Gasteiger partial charge in [0, 0.05) is 0 Å². The van der Waals surface area contributed by atoms with E-state index in [1.807, 2.05) is 0 Å². The summed E-state index contributed by atoms with van der Waals surface area (Å²) in [6.07, 6.45) is 0. The zero-order valence-corrected chi connectivity index (χ0v) is 28.0. The predicted octanol–water partition coefficient (Wildman–Crippen LogP) is 12.3. The Hall–Kier alpha value is -5.14. The van der Waals surface area contributed by atoms with E-state index in [9.17, 15) is 0 Å². The molecule has 1 aliphatic rings. The Morgan fingerprint density at radius 3 is 2.06 bits per heavy atom. The van der Waals surface area contributed by atoms with Crippen molar-refractivity contribution in [3.05, 3.63) is 163 Å². The van der Waals surface area contributed by atoms with E-state index < -0.39 is 0 Å². The molecular weight excluding hydrogens is 633 g/mol. The number of benzene rings is 8. The molecule has 1 nitrogen and oxygen atoms in total. The van der Waals surface area contributed by atoms with Crippen LogP contribution in [0.5, 0.6) is 0 Å². The van der Waals surface area contributed by atoms with Gasteiger partial charge in [0.25, 0.3) is 0 Å². The summed E-state index contributed by atoms with van der Waals surface area (Å²) in [6.45, 7) is 4.71. The summed E-state index contributed by atoms with van der Waals surface area (Å²) in [6, 6.07) is 56.8. The number of nitrogens with zero attached hydrogens (tertiary/aromatic N) is 1. The molecule has 0 fully saturated rings. The van der Waals surface area contributed by atoms with Crippen LogP contribution in [0.1, 0.15) is 25.0 Å². The summed E-state index contributed by atoms with van der Waals surface area (Å²) < 4.78 is 2.99. The van der Waals surface area contributed by atoms with Crippen LogP contribution >= 0.6 is 0 Å². The molecule has 2 heteroatoms. The first-order valence-corrected chi connectivity index (χ1v) is 18.1. The maximum absolute atomic E-state index is 2.48. The summed E-state index contributed by atoms with van der Waals surface area (Å²) in [5.41, 5.74) is 8.97. The van der Waals surface area contributed by atoms with Crippen LogP contribution in [-0.4, -0.2) is 14.5 Å². The summed E-state index contributed by atoms with van der Waals surface area (Å²) in [4.78, 5) is 2.48. The molecule has 1 heterocycles. The van der Waals surface area contributed by atoms with Gasteiger partial charge in [0.1, 0.15) is 0 Å². The molecule has 0 aliphatic heterocycles. The molecule has 0 saturated carbocycles. The number of hydrogen-bond donors (Lipinski definition) is 0. The Bertz CT molecular complexity index is 2730. The summed E-state index contributed by atoms with van der Waals surface area (Å²) >= 11 is 0.272. The van der Waals surface area contributed by atoms with Crippen molar-refractivity contribution in [2.45, 2.75) is 19.3 Å². The number of anilines is 3. The van der Waals surface area contributed by atoms with Gasteiger partial charge in [-0.2, -0.15) is 0 Å². The Kier molecular flexibility index (Phi) is 5.71. The van der Waals surface area contributed by atoms with E-state index in [0.29, 0.717) is 0 Å². The van der Waals surface area contributed by atoms with Gasteiger partial charge in [-0.15, -0.1) is 0 Å². The van der Waals surface area contributed by atoms with Crippen molar-refractivity contribution in [1.29, 1.82) is 0 Å². The van der Waals surface area contributed by atoms with Crippen molar-refractivity contribution in [3.63, 3.8) is 0 Å². The molecule has 8 aromatic carbocycles. The second-order valence-corrected chi connectivity index (χ2v) is 15.6. The second-order valence-electron chi connectivity index (χ2n) is 13.3. The standard InChI is InChI=1S/C45H31NSe/c1-45(2)39-15-7-5-12-33(39)38-27-32(22-25-40(38)45)46(31-21-18-28-10-3-4-11-30(28)26-31)41-16-9-14-36-34(41)23-19-29-20-24-37-35-13-6-8-17-42(35)47-44(37)43(29)36/h3-27H,1-2H3. The van der Waals surface area contributed by atoms with Crippen molar-refractivity contribution in [1.82, 2.24) is 0 Å². The fourth-order valence-corrected chi connectivity index (χ4v) is 10.8. The third-order valence-electron chi connectivity index (χ3n) is 10.4.